The maximum absolute atomic E-state index is 5.84. The SMILES string of the molecule is COc1cc(-c2ccc3c(c2)CCN3)cc(CN)c1OC. The van der Waals surface area contributed by atoms with Gasteiger partial charge >= 0.3 is 0 Å². The molecule has 0 aliphatic carbocycles. The number of hydrogen-bond donors (Lipinski definition) is 2. The lowest BCUT2D eigenvalue weighted by atomic mass is 9.99. The summed E-state index contributed by atoms with van der Waals surface area (Å²) in [6.45, 7) is 1.43. The first-order valence-electron chi connectivity index (χ1n) is 7.09. The molecule has 4 heteroatoms. The number of nitrogens with one attached hydrogen (secondary N) is 1. The van der Waals surface area contributed by atoms with Crippen LogP contribution in [-0.4, -0.2) is 20.8 Å². The van der Waals surface area contributed by atoms with Crippen LogP contribution in [0.3, 0.4) is 0 Å². The predicted molar refractivity (Wildman–Crippen MR) is 85.1 cm³/mol. The minimum Gasteiger partial charge on any atom is -0.493 e. The fourth-order valence-corrected chi connectivity index (χ4v) is 2.85. The standard InChI is InChI=1S/C17H20N2O2/c1-20-16-9-13(8-14(10-18)17(16)21-2)11-3-4-15-12(7-11)5-6-19-15/h3-4,7-9,19H,5-6,10,18H2,1-2H3. The summed E-state index contributed by atoms with van der Waals surface area (Å²) in [5, 5.41) is 3.38. The van der Waals surface area contributed by atoms with Crippen molar-refractivity contribution in [3.8, 4) is 22.6 Å². The molecule has 0 bridgehead atoms. The van der Waals surface area contributed by atoms with Crippen molar-refractivity contribution in [2.45, 2.75) is 13.0 Å². The highest BCUT2D eigenvalue weighted by Crippen LogP contribution is 2.37. The van der Waals surface area contributed by atoms with E-state index in [1.54, 1.807) is 14.2 Å². The smallest absolute Gasteiger partial charge is 0.165 e. The van der Waals surface area contributed by atoms with Crippen LogP contribution in [0.4, 0.5) is 5.69 Å². The highest BCUT2D eigenvalue weighted by molar-refractivity contribution is 5.73. The Morgan fingerprint density at radius 2 is 1.95 bits per heavy atom. The molecule has 110 valence electrons. The molecule has 1 aliphatic rings. The number of fused-ring (bicyclic) bond motifs is 1. The summed E-state index contributed by atoms with van der Waals surface area (Å²) >= 11 is 0. The highest BCUT2D eigenvalue weighted by Gasteiger charge is 2.15. The van der Waals surface area contributed by atoms with E-state index in [9.17, 15) is 0 Å². The summed E-state index contributed by atoms with van der Waals surface area (Å²) in [5.74, 6) is 1.43. The summed E-state index contributed by atoms with van der Waals surface area (Å²) < 4.78 is 10.8. The first-order chi connectivity index (χ1) is 10.3. The Balaban J connectivity index is 2.10. The first-order valence-corrected chi connectivity index (χ1v) is 7.09. The summed E-state index contributed by atoms with van der Waals surface area (Å²) in [5.41, 5.74) is 11.7. The monoisotopic (exact) mass is 284 g/mol. The third-order valence-electron chi connectivity index (χ3n) is 3.92. The fraction of sp³-hybridized carbons (Fsp3) is 0.294. The van der Waals surface area contributed by atoms with Crippen LogP contribution in [0, 0.1) is 0 Å². The van der Waals surface area contributed by atoms with Crippen molar-refractivity contribution in [2.75, 3.05) is 26.1 Å². The second-order valence-electron chi connectivity index (χ2n) is 5.12. The molecule has 2 aromatic rings. The molecule has 0 saturated heterocycles. The van der Waals surface area contributed by atoms with Crippen LogP contribution in [0.5, 0.6) is 11.5 Å². The van der Waals surface area contributed by atoms with Gasteiger partial charge in [0.25, 0.3) is 0 Å². The molecule has 0 aromatic heterocycles. The molecule has 0 spiro atoms. The Labute approximate surface area is 124 Å². The third-order valence-corrected chi connectivity index (χ3v) is 3.92. The van der Waals surface area contributed by atoms with E-state index in [2.05, 4.69) is 29.6 Å². The Morgan fingerprint density at radius 1 is 1.10 bits per heavy atom. The van der Waals surface area contributed by atoms with Gasteiger partial charge in [-0.1, -0.05) is 6.07 Å². The lowest BCUT2D eigenvalue weighted by molar-refractivity contribution is 0.352. The van der Waals surface area contributed by atoms with E-state index in [4.69, 9.17) is 15.2 Å². The van der Waals surface area contributed by atoms with Gasteiger partial charge in [-0.3, -0.25) is 0 Å². The van der Waals surface area contributed by atoms with E-state index in [0.717, 1.165) is 24.1 Å². The quantitative estimate of drug-likeness (QED) is 0.906. The van der Waals surface area contributed by atoms with Gasteiger partial charge in [-0.05, 0) is 47.4 Å². The Hall–Kier alpha value is -2.20. The molecule has 4 nitrogen and oxygen atoms in total. The zero-order chi connectivity index (χ0) is 14.8. The average Bonchev–Trinajstić information content (AvgIpc) is 3.00. The number of nitrogens with two attached hydrogens (primary N) is 1. The lowest BCUT2D eigenvalue weighted by Crippen LogP contribution is -2.02. The van der Waals surface area contributed by atoms with Crippen molar-refractivity contribution in [3.05, 3.63) is 41.5 Å². The normalized spacial score (nSPS) is 12.7. The van der Waals surface area contributed by atoms with Crippen molar-refractivity contribution in [2.24, 2.45) is 5.73 Å². The number of ether oxygens (including phenoxy) is 2. The van der Waals surface area contributed by atoms with Crippen molar-refractivity contribution in [1.29, 1.82) is 0 Å². The van der Waals surface area contributed by atoms with Crippen LogP contribution in [-0.2, 0) is 13.0 Å². The van der Waals surface area contributed by atoms with Gasteiger partial charge in [0.05, 0.1) is 14.2 Å². The van der Waals surface area contributed by atoms with E-state index < -0.39 is 0 Å². The zero-order valence-electron chi connectivity index (χ0n) is 12.4. The zero-order valence-corrected chi connectivity index (χ0v) is 12.4. The van der Waals surface area contributed by atoms with Crippen LogP contribution >= 0.6 is 0 Å². The van der Waals surface area contributed by atoms with E-state index in [1.165, 1.54) is 16.8 Å². The second kappa shape index (κ2) is 5.66. The first kappa shape index (κ1) is 13.8. The number of hydrogen-bond acceptors (Lipinski definition) is 4. The minimum absolute atomic E-state index is 0.417. The number of rotatable bonds is 4. The molecule has 0 unspecified atom stereocenters. The molecule has 0 amide bonds. The molecule has 0 fully saturated rings. The maximum Gasteiger partial charge on any atom is 0.165 e. The molecule has 3 rings (SSSR count). The van der Waals surface area contributed by atoms with Gasteiger partial charge in [0, 0.05) is 24.3 Å². The summed E-state index contributed by atoms with van der Waals surface area (Å²) in [6, 6.07) is 10.6. The number of benzene rings is 2. The second-order valence-corrected chi connectivity index (χ2v) is 5.12. The van der Waals surface area contributed by atoms with Crippen LogP contribution < -0.4 is 20.5 Å². The molecule has 3 N–H and O–H groups in total. The number of methoxy groups -OCH3 is 2. The summed E-state index contributed by atoms with van der Waals surface area (Å²) in [7, 11) is 3.28. The Kier molecular flexibility index (Phi) is 3.71. The highest BCUT2D eigenvalue weighted by atomic mass is 16.5. The van der Waals surface area contributed by atoms with Gasteiger partial charge in [0.15, 0.2) is 11.5 Å². The Morgan fingerprint density at radius 3 is 2.67 bits per heavy atom. The molecule has 1 heterocycles. The fourth-order valence-electron chi connectivity index (χ4n) is 2.85. The largest absolute Gasteiger partial charge is 0.493 e. The summed E-state index contributed by atoms with van der Waals surface area (Å²) in [6.07, 6.45) is 1.07. The van der Waals surface area contributed by atoms with Gasteiger partial charge in [-0.25, -0.2) is 0 Å². The van der Waals surface area contributed by atoms with Gasteiger partial charge in [0.2, 0.25) is 0 Å². The van der Waals surface area contributed by atoms with E-state index in [1.807, 2.05) is 6.07 Å². The van der Waals surface area contributed by atoms with Gasteiger partial charge in [0.1, 0.15) is 0 Å². The molecule has 2 aromatic carbocycles. The van der Waals surface area contributed by atoms with Crippen molar-refractivity contribution >= 4 is 5.69 Å². The van der Waals surface area contributed by atoms with Crippen LogP contribution in [0.2, 0.25) is 0 Å². The number of anilines is 1. The van der Waals surface area contributed by atoms with Gasteiger partial charge in [-0.15, -0.1) is 0 Å². The van der Waals surface area contributed by atoms with Gasteiger partial charge < -0.3 is 20.5 Å². The van der Waals surface area contributed by atoms with Gasteiger partial charge in [-0.2, -0.15) is 0 Å². The van der Waals surface area contributed by atoms with Crippen LogP contribution in [0.1, 0.15) is 11.1 Å². The molecule has 21 heavy (non-hydrogen) atoms. The van der Waals surface area contributed by atoms with Crippen molar-refractivity contribution in [1.82, 2.24) is 0 Å². The van der Waals surface area contributed by atoms with Crippen LogP contribution in [0.25, 0.3) is 11.1 Å². The molecule has 0 atom stereocenters. The predicted octanol–water partition coefficient (Wildman–Crippen LogP) is 2.80. The average molecular weight is 284 g/mol. The molecular weight excluding hydrogens is 264 g/mol. The van der Waals surface area contributed by atoms with E-state index in [0.29, 0.717) is 18.0 Å². The maximum atomic E-state index is 5.84. The lowest BCUT2D eigenvalue weighted by Gasteiger charge is -2.15. The molecular formula is C17H20N2O2. The van der Waals surface area contributed by atoms with Crippen LogP contribution in [0.15, 0.2) is 30.3 Å². The Bertz CT molecular complexity index is 643. The topological polar surface area (TPSA) is 56.5 Å². The van der Waals surface area contributed by atoms with E-state index in [-0.39, 0.29) is 0 Å². The van der Waals surface area contributed by atoms with Crippen molar-refractivity contribution < 1.29 is 9.47 Å². The van der Waals surface area contributed by atoms with E-state index >= 15 is 0 Å². The minimum atomic E-state index is 0.417. The van der Waals surface area contributed by atoms with Crippen molar-refractivity contribution in [3.63, 3.8) is 0 Å². The molecule has 1 aliphatic heterocycles. The third kappa shape index (κ3) is 2.43. The summed E-state index contributed by atoms with van der Waals surface area (Å²) in [4.78, 5) is 0. The molecule has 0 saturated carbocycles. The molecule has 0 radical (unpaired) electrons.